The molecule has 8 heteroatoms. The Bertz CT molecular complexity index is 894. The van der Waals surface area contributed by atoms with Gasteiger partial charge < -0.3 is 14.2 Å². The topological polar surface area (TPSA) is 87.9 Å². The number of non-ortho nitro benzene ring substituents is 1. The molecule has 2 aromatic carbocycles. The van der Waals surface area contributed by atoms with Gasteiger partial charge in [-0.05, 0) is 35.9 Å². The fraction of sp³-hybridized carbons (Fsp3) is 0.286. The van der Waals surface area contributed by atoms with Gasteiger partial charge in [-0.25, -0.2) is 4.79 Å². The first kappa shape index (κ1) is 21.9. The first-order chi connectivity index (χ1) is 13.7. The zero-order chi connectivity index (χ0) is 21.6. The lowest BCUT2D eigenvalue weighted by atomic mass is 10.1. The maximum absolute atomic E-state index is 12.7. The van der Waals surface area contributed by atoms with Crippen molar-refractivity contribution in [1.29, 1.82) is 0 Å². The van der Waals surface area contributed by atoms with E-state index in [4.69, 9.17) is 14.2 Å². The number of likely N-dealkylation sites (N-methyl/N-ethyl adjacent to an activating group) is 1. The van der Waals surface area contributed by atoms with E-state index in [1.54, 1.807) is 44.4 Å². The average molecular weight is 401 g/mol. The molecule has 0 N–H and O–H groups in total. The van der Waals surface area contributed by atoms with Crippen LogP contribution in [-0.4, -0.2) is 50.7 Å². The molecule has 0 radical (unpaired) electrons. The number of nitrogens with zero attached hydrogens (tertiary/aromatic N) is 2. The number of hydrogen-bond donors (Lipinski definition) is 0. The molecule has 0 aromatic heterocycles. The lowest BCUT2D eigenvalue weighted by Gasteiger charge is -2.25. The summed E-state index contributed by atoms with van der Waals surface area (Å²) in [5.41, 5.74) is 1.58. The van der Waals surface area contributed by atoms with Crippen LogP contribution in [0.15, 0.2) is 42.5 Å². The Hall–Kier alpha value is -3.39. The van der Waals surface area contributed by atoms with Gasteiger partial charge in [-0.2, -0.15) is 0 Å². The zero-order valence-electron chi connectivity index (χ0n) is 17.2. The Balaban J connectivity index is 2.19. The smallest absolute Gasteiger partial charge is 0.338 e. The summed E-state index contributed by atoms with van der Waals surface area (Å²) in [6, 6.07) is 9.70. The van der Waals surface area contributed by atoms with Crippen molar-refractivity contribution in [2.24, 2.45) is 0 Å². The molecule has 154 valence electrons. The first-order valence-electron chi connectivity index (χ1n) is 8.80. The van der Waals surface area contributed by atoms with E-state index in [2.05, 4.69) is 0 Å². The second kappa shape index (κ2) is 9.20. The van der Waals surface area contributed by atoms with Crippen LogP contribution >= 0.6 is 0 Å². The van der Waals surface area contributed by atoms with Crippen molar-refractivity contribution in [2.45, 2.75) is 6.54 Å². The maximum atomic E-state index is 12.7. The van der Waals surface area contributed by atoms with Crippen molar-refractivity contribution in [1.82, 2.24) is 0 Å². The number of methoxy groups -OCH3 is 3. The summed E-state index contributed by atoms with van der Waals surface area (Å²) < 4.78 is 16.0. The zero-order valence-corrected chi connectivity index (χ0v) is 17.2. The van der Waals surface area contributed by atoms with E-state index >= 15 is 0 Å². The number of ether oxygens (including phenoxy) is 3. The van der Waals surface area contributed by atoms with Crippen LogP contribution in [0.5, 0.6) is 17.2 Å². The Morgan fingerprint density at radius 3 is 2.03 bits per heavy atom. The van der Waals surface area contributed by atoms with Gasteiger partial charge in [-0.3, -0.25) is 14.6 Å². The van der Waals surface area contributed by atoms with Crippen LogP contribution in [0.3, 0.4) is 0 Å². The van der Waals surface area contributed by atoms with Gasteiger partial charge in [0, 0.05) is 23.8 Å². The third kappa shape index (κ3) is 5.32. The molecule has 0 saturated carbocycles. The summed E-state index contributed by atoms with van der Waals surface area (Å²) in [5.74, 6) is 1.35. The maximum Gasteiger partial charge on any atom is 0.338 e. The van der Waals surface area contributed by atoms with Crippen molar-refractivity contribution >= 4 is 17.7 Å². The highest BCUT2D eigenvalue weighted by Crippen LogP contribution is 2.38. The highest BCUT2D eigenvalue weighted by molar-refractivity contribution is 5.86. The highest BCUT2D eigenvalue weighted by atomic mass is 16.6. The lowest BCUT2D eigenvalue weighted by Crippen LogP contribution is -2.43. The Kier molecular flexibility index (Phi) is 6.95. The predicted molar refractivity (Wildman–Crippen MR) is 109 cm³/mol. The molecule has 2 aromatic rings. The number of quaternary nitrogens is 1. The third-order valence-corrected chi connectivity index (χ3v) is 4.43. The molecule has 0 saturated heterocycles. The molecule has 8 nitrogen and oxygen atoms in total. The highest BCUT2D eigenvalue weighted by Gasteiger charge is 2.24. The monoisotopic (exact) mass is 401 g/mol. The second-order valence-electron chi connectivity index (χ2n) is 6.90. The fourth-order valence-corrected chi connectivity index (χ4v) is 2.82. The largest absolute Gasteiger partial charge is 0.493 e. The number of carbonyl (C=O) groups is 1. The number of carbonyl (C=O) groups excluding carboxylic acids is 1. The third-order valence-electron chi connectivity index (χ3n) is 4.43. The average Bonchev–Trinajstić information content (AvgIpc) is 2.70. The van der Waals surface area contributed by atoms with Crippen LogP contribution in [0.25, 0.3) is 6.08 Å². The normalized spacial score (nSPS) is 11.3. The first-order valence-corrected chi connectivity index (χ1v) is 8.80. The van der Waals surface area contributed by atoms with Gasteiger partial charge in [-0.15, -0.1) is 0 Å². The molecule has 2 rings (SSSR count). The number of benzene rings is 2. The van der Waals surface area contributed by atoms with Crippen LogP contribution in [0.2, 0.25) is 0 Å². The van der Waals surface area contributed by atoms with Crippen LogP contribution in [0.4, 0.5) is 5.69 Å². The van der Waals surface area contributed by atoms with Gasteiger partial charge in [0.25, 0.3) is 5.69 Å². The summed E-state index contributed by atoms with van der Waals surface area (Å²) in [6.07, 6.45) is 3.18. The van der Waals surface area contributed by atoms with E-state index in [0.29, 0.717) is 23.8 Å². The number of nitro benzene ring substituents is 1. The minimum atomic E-state index is -0.449. The molecule has 0 bridgehead atoms. The van der Waals surface area contributed by atoms with Gasteiger partial charge >= 0.3 is 5.91 Å². The molecular weight excluding hydrogens is 376 g/mol. The molecule has 0 fully saturated rings. The van der Waals surface area contributed by atoms with Gasteiger partial charge in [0.05, 0.1) is 40.3 Å². The van der Waals surface area contributed by atoms with Gasteiger partial charge in [0.15, 0.2) is 11.5 Å². The molecule has 0 atom stereocenters. The summed E-state index contributed by atoms with van der Waals surface area (Å²) in [7, 11) is 8.14. The summed E-state index contributed by atoms with van der Waals surface area (Å²) in [5, 5.41) is 10.8. The fourth-order valence-electron chi connectivity index (χ4n) is 2.82. The SMILES string of the molecule is COc1cc(/C=C/C(=O)[N+](C)(C)Cc2ccc([N+](=O)[O-])cc2)cc(OC)c1OC. The standard InChI is InChI=1S/C21H25N2O6/c1-23(2,14-15-6-9-17(10-7-15)22(25)26)20(24)11-8-16-12-18(27-3)21(29-5)19(13-16)28-4/h6-13H,14H2,1-5H3/q+1/b11-8+. The van der Waals surface area contributed by atoms with E-state index in [9.17, 15) is 14.9 Å². The summed E-state index contributed by atoms with van der Waals surface area (Å²) >= 11 is 0. The molecule has 0 spiro atoms. The van der Waals surface area contributed by atoms with E-state index in [1.165, 1.54) is 39.5 Å². The van der Waals surface area contributed by atoms with E-state index in [0.717, 1.165) is 11.1 Å². The number of hydrogen-bond acceptors (Lipinski definition) is 6. The quantitative estimate of drug-likeness (QED) is 0.291. The molecular formula is C21H25N2O6+. The Morgan fingerprint density at radius 1 is 1.03 bits per heavy atom. The predicted octanol–water partition coefficient (Wildman–Crippen LogP) is 3.44. The molecule has 0 aliphatic rings. The Labute approximate surface area is 169 Å². The van der Waals surface area contributed by atoms with Crippen molar-refractivity contribution in [3.8, 4) is 17.2 Å². The number of nitro groups is 1. The number of amides is 1. The molecule has 0 heterocycles. The molecule has 0 aliphatic heterocycles. The molecule has 29 heavy (non-hydrogen) atoms. The van der Waals surface area contributed by atoms with Crippen molar-refractivity contribution in [2.75, 3.05) is 35.4 Å². The second-order valence-corrected chi connectivity index (χ2v) is 6.90. The van der Waals surface area contributed by atoms with Crippen molar-refractivity contribution < 1.29 is 28.4 Å². The summed E-state index contributed by atoms with van der Waals surface area (Å²) in [4.78, 5) is 23.1. The number of rotatable bonds is 8. The van der Waals surface area contributed by atoms with Gasteiger partial charge in [0.1, 0.15) is 6.54 Å². The van der Waals surface area contributed by atoms with Crippen molar-refractivity contribution in [3.05, 3.63) is 63.7 Å². The van der Waals surface area contributed by atoms with Crippen molar-refractivity contribution in [3.63, 3.8) is 0 Å². The van der Waals surface area contributed by atoms with Crippen LogP contribution in [-0.2, 0) is 11.3 Å². The van der Waals surface area contributed by atoms with E-state index in [-0.39, 0.29) is 16.1 Å². The van der Waals surface area contributed by atoms with Crippen LogP contribution in [0.1, 0.15) is 11.1 Å². The minimum absolute atomic E-state index is 0.0210. The van der Waals surface area contributed by atoms with Gasteiger partial charge in [-0.1, -0.05) is 0 Å². The molecule has 1 amide bonds. The summed E-state index contributed by atoms with van der Waals surface area (Å²) in [6.45, 7) is 0.399. The minimum Gasteiger partial charge on any atom is -0.493 e. The molecule has 0 unspecified atom stereocenters. The lowest BCUT2D eigenvalue weighted by molar-refractivity contribution is -0.825. The van der Waals surface area contributed by atoms with E-state index in [1.807, 2.05) is 0 Å². The van der Waals surface area contributed by atoms with Crippen LogP contribution < -0.4 is 14.2 Å². The van der Waals surface area contributed by atoms with E-state index < -0.39 is 4.92 Å². The van der Waals surface area contributed by atoms with Crippen LogP contribution in [0, 0.1) is 10.1 Å². The van der Waals surface area contributed by atoms with Gasteiger partial charge in [0.2, 0.25) is 5.75 Å². The molecule has 0 aliphatic carbocycles. The Morgan fingerprint density at radius 2 is 1.59 bits per heavy atom.